The molecular formula is C11H20N4. The van der Waals surface area contributed by atoms with Crippen molar-refractivity contribution in [1.29, 1.82) is 0 Å². The molecule has 1 aliphatic heterocycles. The van der Waals surface area contributed by atoms with Crippen molar-refractivity contribution in [1.82, 2.24) is 20.0 Å². The molecular weight excluding hydrogens is 188 g/mol. The summed E-state index contributed by atoms with van der Waals surface area (Å²) in [4.78, 5) is 2.47. The van der Waals surface area contributed by atoms with Crippen LogP contribution >= 0.6 is 0 Å². The zero-order chi connectivity index (χ0) is 10.7. The van der Waals surface area contributed by atoms with Gasteiger partial charge in [-0.2, -0.15) is 5.10 Å². The van der Waals surface area contributed by atoms with Crippen molar-refractivity contribution < 1.29 is 0 Å². The van der Waals surface area contributed by atoms with Gasteiger partial charge in [-0.15, -0.1) is 0 Å². The maximum Gasteiger partial charge on any atom is 0.0534 e. The molecule has 15 heavy (non-hydrogen) atoms. The van der Waals surface area contributed by atoms with E-state index in [0.717, 1.165) is 32.7 Å². The van der Waals surface area contributed by atoms with Crippen LogP contribution in [0.5, 0.6) is 0 Å². The fourth-order valence-electron chi connectivity index (χ4n) is 1.87. The Morgan fingerprint density at radius 2 is 2.13 bits per heavy atom. The van der Waals surface area contributed by atoms with Crippen LogP contribution in [0.4, 0.5) is 0 Å². The largest absolute Gasteiger partial charge is 0.314 e. The van der Waals surface area contributed by atoms with Gasteiger partial charge in [-0.3, -0.25) is 9.58 Å². The monoisotopic (exact) mass is 208 g/mol. The van der Waals surface area contributed by atoms with Crippen LogP contribution in [0.2, 0.25) is 0 Å². The molecule has 0 atom stereocenters. The fraction of sp³-hybridized carbons (Fsp3) is 0.727. The Morgan fingerprint density at radius 1 is 1.40 bits per heavy atom. The topological polar surface area (TPSA) is 33.1 Å². The van der Waals surface area contributed by atoms with E-state index in [2.05, 4.69) is 35.4 Å². The van der Waals surface area contributed by atoms with Crippen LogP contribution < -0.4 is 5.32 Å². The molecule has 0 spiro atoms. The second-order valence-corrected chi connectivity index (χ2v) is 4.45. The molecule has 1 saturated heterocycles. The van der Waals surface area contributed by atoms with Gasteiger partial charge in [-0.25, -0.2) is 0 Å². The third kappa shape index (κ3) is 2.79. The molecule has 4 heteroatoms. The van der Waals surface area contributed by atoms with Gasteiger partial charge in [0, 0.05) is 50.5 Å². The smallest absolute Gasteiger partial charge is 0.0534 e. The summed E-state index contributed by atoms with van der Waals surface area (Å²) >= 11 is 0. The second-order valence-electron chi connectivity index (χ2n) is 4.45. The van der Waals surface area contributed by atoms with Crippen molar-refractivity contribution in [3.8, 4) is 0 Å². The van der Waals surface area contributed by atoms with E-state index in [1.54, 1.807) is 0 Å². The van der Waals surface area contributed by atoms with Crippen LogP contribution in [0.25, 0.3) is 0 Å². The number of rotatable bonds is 3. The quantitative estimate of drug-likeness (QED) is 0.800. The van der Waals surface area contributed by atoms with Crippen LogP contribution in [-0.4, -0.2) is 40.9 Å². The highest BCUT2D eigenvalue weighted by Gasteiger charge is 2.11. The summed E-state index contributed by atoms with van der Waals surface area (Å²) in [7, 11) is 0. The molecule has 0 bridgehead atoms. The van der Waals surface area contributed by atoms with Crippen molar-refractivity contribution in [2.45, 2.75) is 26.4 Å². The van der Waals surface area contributed by atoms with Gasteiger partial charge in [0.2, 0.25) is 0 Å². The summed E-state index contributed by atoms with van der Waals surface area (Å²) in [6.07, 6.45) is 4.15. The highest BCUT2D eigenvalue weighted by Crippen LogP contribution is 2.08. The van der Waals surface area contributed by atoms with Crippen molar-refractivity contribution in [3.63, 3.8) is 0 Å². The van der Waals surface area contributed by atoms with E-state index in [1.165, 1.54) is 5.56 Å². The minimum Gasteiger partial charge on any atom is -0.314 e. The highest BCUT2D eigenvalue weighted by atomic mass is 15.3. The van der Waals surface area contributed by atoms with Gasteiger partial charge < -0.3 is 5.32 Å². The summed E-state index contributed by atoms with van der Waals surface area (Å²) in [5, 5.41) is 7.72. The van der Waals surface area contributed by atoms with Gasteiger partial charge in [0.1, 0.15) is 0 Å². The van der Waals surface area contributed by atoms with Gasteiger partial charge in [-0.05, 0) is 13.8 Å². The van der Waals surface area contributed by atoms with E-state index in [0.29, 0.717) is 6.04 Å². The Morgan fingerprint density at radius 3 is 2.73 bits per heavy atom. The predicted octanol–water partition coefficient (Wildman–Crippen LogP) is 0.869. The van der Waals surface area contributed by atoms with E-state index in [-0.39, 0.29) is 0 Å². The first-order chi connectivity index (χ1) is 7.25. The summed E-state index contributed by atoms with van der Waals surface area (Å²) in [5.41, 5.74) is 1.32. The van der Waals surface area contributed by atoms with Gasteiger partial charge in [0.15, 0.2) is 0 Å². The molecule has 0 amide bonds. The molecule has 84 valence electrons. The minimum absolute atomic E-state index is 0.460. The molecule has 1 N–H and O–H groups in total. The number of hydrogen-bond donors (Lipinski definition) is 1. The predicted molar refractivity (Wildman–Crippen MR) is 60.8 cm³/mol. The lowest BCUT2D eigenvalue weighted by atomic mass is 10.3. The molecule has 1 fully saturated rings. The van der Waals surface area contributed by atoms with Gasteiger partial charge >= 0.3 is 0 Å². The molecule has 1 aromatic rings. The van der Waals surface area contributed by atoms with Crippen molar-refractivity contribution >= 4 is 0 Å². The first-order valence-electron chi connectivity index (χ1n) is 5.72. The number of piperazine rings is 1. The summed E-state index contributed by atoms with van der Waals surface area (Å²) < 4.78 is 2.03. The normalized spacial score (nSPS) is 18.6. The number of hydrogen-bond acceptors (Lipinski definition) is 3. The third-order valence-corrected chi connectivity index (χ3v) is 2.80. The zero-order valence-corrected chi connectivity index (χ0v) is 9.61. The van der Waals surface area contributed by atoms with Crippen LogP contribution in [-0.2, 0) is 6.54 Å². The molecule has 4 nitrogen and oxygen atoms in total. The molecule has 0 aliphatic carbocycles. The molecule has 1 aromatic heterocycles. The third-order valence-electron chi connectivity index (χ3n) is 2.80. The number of nitrogens with zero attached hydrogens (tertiary/aromatic N) is 3. The first-order valence-corrected chi connectivity index (χ1v) is 5.72. The molecule has 2 heterocycles. The van der Waals surface area contributed by atoms with Crippen molar-refractivity contribution in [2.75, 3.05) is 26.2 Å². The van der Waals surface area contributed by atoms with Crippen molar-refractivity contribution in [3.05, 3.63) is 18.0 Å². The van der Waals surface area contributed by atoms with Gasteiger partial charge in [0.25, 0.3) is 0 Å². The van der Waals surface area contributed by atoms with Crippen LogP contribution in [0, 0.1) is 0 Å². The maximum absolute atomic E-state index is 4.36. The molecule has 0 radical (unpaired) electrons. The SMILES string of the molecule is CC(C)n1cc(CN2CCNCC2)cn1. The molecule has 0 saturated carbocycles. The number of aromatic nitrogens is 2. The average Bonchev–Trinajstić information content (AvgIpc) is 2.68. The number of nitrogens with one attached hydrogen (secondary N) is 1. The average molecular weight is 208 g/mol. The Labute approximate surface area is 91.3 Å². The fourth-order valence-corrected chi connectivity index (χ4v) is 1.87. The molecule has 0 unspecified atom stereocenters. The second kappa shape index (κ2) is 4.77. The first kappa shape index (κ1) is 10.6. The lowest BCUT2D eigenvalue weighted by Gasteiger charge is -2.26. The zero-order valence-electron chi connectivity index (χ0n) is 9.61. The van der Waals surface area contributed by atoms with Crippen LogP contribution in [0.15, 0.2) is 12.4 Å². The lowest BCUT2D eigenvalue weighted by molar-refractivity contribution is 0.233. The Kier molecular flexibility index (Phi) is 3.38. The highest BCUT2D eigenvalue weighted by molar-refractivity contribution is 5.04. The maximum atomic E-state index is 4.36. The Hall–Kier alpha value is -0.870. The molecule has 2 rings (SSSR count). The molecule has 0 aromatic carbocycles. The molecule has 1 aliphatic rings. The Balaban J connectivity index is 1.91. The standard InChI is InChI=1S/C11H20N4/c1-10(2)15-9-11(7-13-15)8-14-5-3-12-4-6-14/h7,9-10,12H,3-6,8H2,1-2H3. The summed E-state index contributed by atoms with van der Waals surface area (Å²) in [6, 6.07) is 0.460. The van der Waals surface area contributed by atoms with E-state index >= 15 is 0 Å². The van der Waals surface area contributed by atoms with E-state index in [1.807, 2.05) is 10.9 Å². The van der Waals surface area contributed by atoms with Gasteiger partial charge in [0.05, 0.1) is 6.20 Å². The van der Waals surface area contributed by atoms with Crippen LogP contribution in [0.1, 0.15) is 25.5 Å². The lowest BCUT2D eigenvalue weighted by Crippen LogP contribution is -2.42. The summed E-state index contributed by atoms with van der Waals surface area (Å²) in [6.45, 7) is 9.86. The van der Waals surface area contributed by atoms with Gasteiger partial charge in [-0.1, -0.05) is 0 Å². The van der Waals surface area contributed by atoms with E-state index in [4.69, 9.17) is 0 Å². The Bertz CT molecular complexity index is 299. The van der Waals surface area contributed by atoms with E-state index in [9.17, 15) is 0 Å². The minimum atomic E-state index is 0.460. The van der Waals surface area contributed by atoms with Crippen molar-refractivity contribution in [2.24, 2.45) is 0 Å². The summed E-state index contributed by atoms with van der Waals surface area (Å²) in [5.74, 6) is 0. The van der Waals surface area contributed by atoms with Crippen LogP contribution in [0.3, 0.4) is 0 Å². The van der Waals surface area contributed by atoms with E-state index < -0.39 is 0 Å².